The van der Waals surface area contributed by atoms with Crippen LogP contribution < -0.4 is 26.0 Å². The minimum atomic E-state index is -5.85. The highest BCUT2D eigenvalue weighted by Gasteiger charge is 2.50. The summed E-state index contributed by atoms with van der Waals surface area (Å²) in [5.41, 5.74) is 12.6. The molecule has 1 amide bonds. The number of amides is 1. The van der Waals surface area contributed by atoms with E-state index < -0.39 is 86.0 Å². The Morgan fingerprint density at radius 3 is 2.31 bits per heavy atom. The van der Waals surface area contributed by atoms with Crippen LogP contribution >= 0.6 is 23.5 Å². The number of ether oxygens (including phenoxy) is 2. The number of nitrogens with one attached hydrogen (secondary N) is 2. The number of aromatic nitrogens is 4. The summed E-state index contributed by atoms with van der Waals surface area (Å²) in [5, 5.41) is 28.0. The Labute approximate surface area is 548 Å². The van der Waals surface area contributed by atoms with Crippen molar-refractivity contribution < 1.29 is 101 Å². The Morgan fingerprint density at radius 1 is 0.884 bits per heavy atom. The number of phosphoric acid groups is 3. The van der Waals surface area contributed by atoms with Crippen molar-refractivity contribution in [2.75, 3.05) is 54.5 Å². The van der Waals surface area contributed by atoms with Crippen LogP contribution in [0.15, 0.2) is 114 Å². The Kier molecular flexibility index (Phi) is 22.3. The second-order valence-electron chi connectivity index (χ2n) is 23.8. The number of nitrogens with zero attached hydrogens (tertiary/aromatic N) is 6. The number of rotatable bonds is 30. The summed E-state index contributed by atoms with van der Waals surface area (Å²) in [4.78, 5) is 65.1. The molecule has 6 heterocycles. The smallest absolute Gasteiger partial charge is 0.490 e. The number of imidazole rings is 1. The molecule has 3 unspecified atom stereocenters. The van der Waals surface area contributed by atoms with Crippen LogP contribution in [-0.4, -0.2) is 154 Å². The van der Waals surface area contributed by atoms with E-state index in [-0.39, 0.29) is 65.2 Å². The Bertz CT molecular complexity index is 4330. The van der Waals surface area contributed by atoms with E-state index in [1.807, 2.05) is 78.3 Å². The summed E-state index contributed by atoms with van der Waals surface area (Å²) < 4.78 is 134. The van der Waals surface area contributed by atoms with Gasteiger partial charge in [0.2, 0.25) is 17.5 Å². The van der Waals surface area contributed by atoms with Gasteiger partial charge < -0.3 is 65.1 Å². The van der Waals surface area contributed by atoms with Crippen molar-refractivity contribution in [1.82, 2.24) is 24.8 Å². The van der Waals surface area contributed by atoms with Crippen molar-refractivity contribution in [3.8, 4) is 5.75 Å². The highest BCUT2D eigenvalue weighted by atomic mass is 32.2. The van der Waals surface area contributed by atoms with Gasteiger partial charge in [-0.25, -0.2) is 37.1 Å². The number of nitrogen functional groups attached to an aromatic ring is 1. The van der Waals surface area contributed by atoms with Crippen LogP contribution in [-0.2, 0) is 62.0 Å². The lowest BCUT2D eigenvalue weighted by Gasteiger charge is -2.43. The Morgan fingerprint density at radius 2 is 1.61 bits per heavy atom. The van der Waals surface area contributed by atoms with Gasteiger partial charge in [-0.15, -0.1) is 0 Å². The number of aliphatic hydroxyl groups excluding tert-OH is 2. The zero-order valence-electron chi connectivity index (χ0n) is 52.4. The highest BCUT2D eigenvalue weighted by molar-refractivity contribution is 7.86. The maximum atomic E-state index is 13.5. The third-order valence-corrected chi connectivity index (χ3v) is 22.0. The predicted molar refractivity (Wildman–Crippen MR) is 350 cm³/mol. The number of allylic oxidation sites excluding steroid dienone is 8. The standard InChI is InChI=1S/C60H76N9O21P3S2/c1-6-68-46-34-48-43(33-42(46)38(2)35-59(68,3)4)40(31-47(87-48)39-19-11-9-12-20-39)21-13-10-14-22-50-60(5,44-32-41(95(83,84)85)24-25-45(44)67(50)29-18-30-94(80,81)82)26-17-23-51(70)62-27-15-7-8-16-28-63-58-66-52-55(61)64-37-65-56(52)69(58)57-54(72)53(71)49(88-57)36-86-92(76,77)90-93(78,79)89-91(73,74)75/h9-14,19-22,24-25,31-35,37,49,53-54,57,71-72H,6-8,15-18,23,26-30,36H2,1-5H3,(H9-,61,62,63,64,65,66,70,73,74,75,76,77,78,79,80,81,82,83,84,85)/t49-,53-,54-,57-,60?/m1/s1. The predicted octanol–water partition coefficient (Wildman–Crippen LogP) is 7.52. The van der Waals surface area contributed by atoms with Gasteiger partial charge in [-0.3, -0.25) is 18.4 Å². The molecule has 0 saturated carbocycles. The lowest BCUT2D eigenvalue weighted by atomic mass is 9.75. The molecule has 7 atom stereocenters. The SMILES string of the molecule is CCN1c2cc3c(cc2C(C)=CC1(C)C)C(=CC=CC=CC1=[N+](CCCS(=O)(=O)[O-])c2ccc(S(=O)(=O)O)cc2C1(C)CCCC(=O)NCCCCCCNc1nc2c(N)ncnc2n1[C@@H]1O[C@H](COP(=O)(O)OP(=O)(O)OP(=O)(O)O)[C@@H](O)[C@H]1O)C=C(c1ccccc1)O3. The van der Waals surface area contributed by atoms with Crippen LogP contribution in [0.4, 0.5) is 23.1 Å². The average Bonchev–Trinajstić information content (AvgIpc) is 1.74. The number of unbranched alkanes of at least 4 members (excludes halogenated alkanes) is 3. The molecule has 1 fully saturated rings. The molecule has 2 aromatic heterocycles. The van der Waals surface area contributed by atoms with Gasteiger partial charge in [0.25, 0.3) is 10.1 Å². The molecule has 514 valence electrons. The lowest BCUT2D eigenvalue weighted by molar-refractivity contribution is -0.437. The van der Waals surface area contributed by atoms with Crippen LogP contribution in [0.5, 0.6) is 5.75 Å². The molecule has 4 aliphatic heterocycles. The van der Waals surface area contributed by atoms with Gasteiger partial charge in [-0.1, -0.05) is 73.6 Å². The molecule has 9 rings (SSSR count). The van der Waals surface area contributed by atoms with Crippen molar-refractivity contribution >= 4 is 107 Å². The zero-order valence-corrected chi connectivity index (χ0v) is 56.7. The first-order valence-corrected chi connectivity index (χ1v) is 37.8. The first-order valence-electron chi connectivity index (χ1n) is 30.2. The van der Waals surface area contributed by atoms with Crippen LogP contribution in [0.1, 0.15) is 114 Å². The van der Waals surface area contributed by atoms with E-state index in [4.69, 9.17) is 25.0 Å². The summed E-state index contributed by atoms with van der Waals surface area (Å²) in [6, 6.07) is 18.2. The highest BCUT2D eigenvalue weighted by Crippen LogP contribution is 2.66. The van der Waals surface area contributed by atoms with Crippen molar-refractivity contribution in [1.29, 1.82) is 0 Å². The number of anilines is 3. The monoisotopic (exact) mass is 1420 g/mol. The van der Waals surface area contributed by atoms with E-state index in [0.29, 0.717) is 73.5 Å². The Balaban J connectivity index is 0.842. The van der Waals surface area contributed by atoms with E-state index in [2.05, 4.69) is 89.5 Å². The van der Waals surface area contributed by atoms with Crippen LogP contribution in [0.2, 0.25) is 0 Å². The van der Waals surface area contributed by atoms with Crippen LogP contribution in [0, 0.1) is 0 Å². The van der Waals surface area contributed by atoms with Crippen molar-refractivity contribution in [2.24, 2.45) is 0 Å². The quantitative estimate of drug-likeness (QED) is 0.00698. The molecule has 11 N–H and O–H groups in total. The summed E-state index contributed by atoms with van der Waals surface area (Å²) in [6.07, 6.45) is 11.1. The summed E-state index contributed by atoms with van der Waals surface area (Å²) in [7, 11) is -26.4. The van der Waals surface area contributed by atoms with Crippen molar-refractivity contribution in [3.05, 3.63) is 132 Å². The topological polar surface area (TPSA) is 447 Å². The fourth-order valence-corrected chi connectivity index (χ4v) is 16.3. The van der Waals surface area contributed by atoms with Gasteiger partial charge in [0, 0.05) is 84.4 Å². The normalized spacial score (nSPS) is 22.1. The molecule has 3 aromatic carbocycles. The molecule has 5 aromatic rings. The Hall–Kier alpha value is -6.64. The molecule has 1 saturated heterocycles. The lowest BCUT2D eigenvalue weighted by Crippen LogP contribution is -2.44. The zero-order chi connectivity index (χ0) is 69.1. The van der Waals surface area contributed by atoms with Gasteiger partial charge >= 0.3 is 23.5 Å². The summed E-state index contributed by atoms with van der Waals surface area (Å²) in [5.74, 6) is 0.467. The fourth-order valence-electron chi connectivity index (χ4n) is 12.3. The summed E-state index contributed by atoms with van der Waals surface area (Å²) >= 11 is 0. The van der Waals surface area contributed by atoms with Gasteiger partial charge in [0.1, 0.15) is 42.7 Å². The van der Waals surface area contributed by atoms with Gasteiger partial charge in [-0.2, -0.15) is 21.6 Å². The number of likely N-dealkylation sites (N-methyl/N-ethyl adjacent to an activating group) is 1. The van der Waals surface area contributed by atoms with E-state index in [1.165, 1.54) is 22.8 Å². The molecule has 0 radical (unpaired) electrons. The van der Waals surface area contributed by atoms with Crippen molar-refractivity contribution in [2.45, 2.75) is 126 Å². The van der Waals surface area contributed by atoms with E-state index in [9.17, 15) is 64.4 Å². The minimum Gasteiger partial charge on any atom is -0.748 e. The molecule has 0 aliphatic carbocycles. The molecule has 35 heteroatoms. The molecule has 0 spiro atoms. The van der Waals surface area contributed by atoms with E-state index in [0.717, 1.165) is 46.4 Å². The number of nitrogens with two attached hydrogens (primary N) is 1. The number of phosphoric ester groups is 1. The average molecular weight is 1420 g/mol. The van der Waals surface area contributed by atoms with Crippen LogP contribution in [0.25, 0.3) is 28.1 Å². The number of hydrogen-bond donors (Lipinski definition) is 10. The molecular formula is C60H76N9O21P3S2. The number of benzene rings is 3. The first kappa shape index (κ1) is 72.6. The van der Waals surface area contributed by atoms with E-state index >= 15 is 0 Å². The first-order chi connectivity index (χ1) is 44.6. The number of fused-ring (bicyclic) bond motifs is 4. The number of carbonyl (C=O) groups is 1. The third kappa shape index (κ3) is 17.6. The summed E-state index contributed by atoms with van der Waals surface area (Å²) in [6.45, 7) is 10.9. The van der Waals surface area contributed by atoms with Crippen molar-refractivity contribution in [3.63, 3.8) is 0 Å². The van der Waals surface area contributed by atoms with Gasteiger partial charge in [0.15, 0.2) is 28.9 Å². The second-order valence-corrected chi connectivity index (χ2v) is 31.2. The third-order valence-electron chi connectivity index (χ3n) is 16.5. The fraction of sp³-hybridized carbons (Fsp3) is 0.417. The van der Waals surface area contributed by atoms with Gasteiger partial charge in [-0.05, 0) is 95.7 Å². The second kappa shape index (κ2) is 29.2. The molecule has 4 aliphatic rings. The maximum Gasteiger partial charge on any atom is 0.490 e. The molecule has 30 nitrogen and oxygen atoms in total. The van der Waals surface area contributed by atoms with Gasteiger partial charge in [0.05, 0.1) is 32.6 Å². The van der Waals surface area contributed by atoms with Crippen LogP contribution in [0.3, 0.4) is 0 Å². The molecule has 95 heavy (non-hydrogen) atoms. The minimum absolute atomic E-state index is 0.0451. The number of carbonyl (C=O) groups excluding carboxylic acids is 1. The number of hydrogen-bond acceptors (Lipinski definition) is 22. The molecule has 0 bridgehead atoms. The van der Waals surface area contributed by atoms with E-state index in [1.54, 1.807) is 0 Å². The maximum absolute atomic E-state index is 13.5. The largest absolute Gasteiger partial charge is 0.748 e. The number of aliphatic hydroxyl groups is 2. The molecular weight excluding hydrogens is 1340 g/mol.